The summed E-state index contributed by atoms with van der Waals surface area (Å²) in [6.45, 7) is 7.68. The first-order chi connectivity index (χ1) is 16.2. The van der Waals surface area contributed by atoms with Crippen molar-refractivity contribution in [2.75, 3.05) is 6.54 Å². The second kappa shape index (κ2) is 11.2. The van der Waals surface area contributed by atoms with E-state index in [2.05, 4.69) is 10.6 Å². The van der Waals surface area contributed by atoms with Crippen LogP contribution in [0.25, 0.3) is 0 Å². The quantitative estimate of drug-likeness (QED) is 0.447. The molecule has 8 heteroatoms. The van der Waals surface area contributed by atoms with Crippen molar-refractivity contribution >= 4 is 29.1 Å². The lowest BCUT2D eigenvalue weighted by Crippen LogP contribution is -2.51. The molecular weight excluding hydrogens is 450 g/mol. The number of hydrogen-bond acceptors (Lipinski definition) is 5. The van der Waals surface area contributed by atoms with E-state index in [1.165, 1.54) is 22.5 Å². The number of nitrogens with zero attached hydrogens (tertiary/aromatic N) is 1. The van der Waals surface area contributed by atoms with Crippen LogP contribution in [0.1, 0.15) is 59.8 Å². The Kier molecular flexibility index (Phi) is 8.28. The monoisotopic (exact) mass is 481 g/mol. The molecule has 1 aromatic carbocycles. The van der Waals surface area contributed by atoms with Crippen molar-refractivity contribution in [2.24, 2.45) is 0 Å². The van der Waals surface area contributed by atoms with E-state index in [9.17, 15) is 14.4 Å². The number of rotatable bonds is 10. The largest absolute Gasteiger partial charge is 0.467 e. The summed E-state index contributed by atoms with van der Waals surface area (Å²) < 4.78 is 5.49. The zero-order chi connectivity index (χ0) is 24.7. The fourth-order valence-electron chi connectivity index (χ4n) is 3.36. The maximum absolute atomic E-state index is 13.6. The molecule has 2 aromatic heterocycles. The van der Waals surface area contributed by atoms with Gasteiger partial charge in [-0.25, -0.2) is 0 Å². The number of furan rings is 1. The van der Waals surface area contributed by atoms with Gasteiger partial charge in [0.1, 0.15) is 11.8 Å². The zero-order valence-electron chi connectivity index (χ0n) is 20.0. The molecule has 34 heavy (non-hydrogen) atoms. The lowest BCUT2D eigenvalue weighted by Gasteiger charge is -2.34. The summed E-state index contributed by atoms with van der Waals surface area (Å²) in [4.78, 5) is 41.4. The molecule has 2 heterocycles. The van der Waals surface area contributed by atoms with Gasteiger partial charge >= 0.3 is 0 Å². The van der Waals surface area contributed by atoms with Crippen molar-refractivity contribution in [1.82, 2.24) is 15.5 Å². The molecule has 0 aliphatic carbocycles. The maximum atomic E-state index is 13.6. The first kappa shape index (κ1) is 25.2. The summed E-state index contributed by atoms with van der Waals surface area (Å²) in [7, 11) is 0. The molecule has 0 aliphatic heterocycles. The van der Waals surface area contributed by atoms with E-state index in [1.807, 2.05) is 52.0 Å². The average molecular weight is 482 g/mol. The lowest BCUT2D eigenvalue weighted by atomic mass is 9.98. The molecule has 0 saturated heterocycles. The van der Waals surface area contributed by atoms with Crippen molar-refractivity contribution in [2.45, 2.75) is 52.2 Å². The Morgan fingerprint density at radius 1 is 1.09 bits per heavy atom. The van der Waals surface area contributed by atoms with Crippen LogP contribution in [-0.2, 0) is 16.1 Å². The van der Waals surface area contributed by atoms with Crippen molar-refractivity contribution in [1.29, 1.82) is 0 Å². The molecule has 0 unspecified atom stereocenters. The summed E-state index contributed by atoms with van der Waals surface area (Å²) in [6, 6.07) is 13.6. The maximum Gasteiger partial charge on any atom is 0.261 e. The Balaban J connectivity index is 1.93. The van der Waals surface area contributed by atoms with Gasteiger partial charge in [0, 0.05) is 5.54 Å². The zero-order valence-corrected chi connectivity index (χ0v) is 20.8. The number of benzene rings is 1. The minimum atomic E-state index is -0.900. The number of carbonyl (C=O) groups is 3. The van der Waals surface area contributed by atoms with Gasteiger partial charge in [0.2, 0.25) is 11.8 Å². The van der Waals surface area contributed by atoms with Crippen LogP contribution in [-0.4, -0.2) is 34.7 Å². The summed E-state index contributed by atoms with van der Waals surface area (Å²) in [5, 5.41) is 7.55. The van der Waals surface area contributed by atoms with Gasteiger partial charge in [-0.1, -0.05) is 42.8 Å². The minimum Gasteiger partial charge on any atom is -0.467 e. The van der Waals surface area contributed by atoms with E-state index in [0.29, 0.717) is 16.2 Å². The van der Waals surface area contributed by atoms with Crippen LogP contribution >= 0.6 is 11.3 Å². The van der Waals surface area contributed by atoms with Crippen molar-refractivity contribution in [3.8, 4) is 0 Å². The predicted molar refractivity (Wildman–Crippen MR) is 132 cm³/mol. The van der Waals surface area contributed by atoms with Crippen LogP contribution in [0.15, 0.2) is 64.6 Å². The summed E-state index contributed by atoms with van der Waals surface area (Å²) >= 11 is 1.30. The standard InChI is InChI=1S/C26H31N3O4S/c1-5-26(3,4)28-25(32)23(19-12-10-18(2)11-13-19)29(17-20-8-6-14-33-20)22(30)16-27-24(31)21-9-7-15-34-21/h6-15,23H,5,16-17H2,1-4H3,(H,27,31)(H,28,32)/t23-/m0/s1. The lowest BCUT2D eigenvalue weighted by molar-refractivity contribution is -0.141. The van der Waals surface area contributed by atoms with Crippen molar-refractivity contribution in [3.05, 3.63) is 81.9 Å². The van der Waals surface area contributed by atoms with E-state index in [4.69, 9.17) is 4.42 Å². The van der Waals surface area contributed by atoms with E-state index in [-0.39, 0.29) is 24.9 Å². The number of thiophene rings is 1. The van der Waals surface area contributed by atoms with E-state index < -0.39 is 17.5 Å². The molecule has 0 spiro atoms. The van der Waals surface area contributed by atoms with Crippen LogP contribution in [0.4, 0.5) is 0 Å². The van der Waals surface area contributed by atoms with Gasteiger partial charge in [-0.2, -0.15) is 0 Å². The fraction of sp³-hybridized carbons (Fsp3) is 0.346. The highest BCUT2D eigenvalue weighted by molar-refractivity contribution is 7.12. The molecule has 3 amide bonds. The number of nitrogens with one attached hydrogen (secondary N) is 2. The molecule has 7 nitrogen and oxygen atoms in total. The molecule has 180 valence electrons. The summed E-state index contributed by atoms with van der Waals surface area (Å²) in [5.74, 6) is -0.473. The molecule has 3 rings (SSSR count). The third-order valence-corrected chi connectivity index (χ3v) is 6.54. The van der Waals surface area contributed by atoms with E-state index in [0.717, 1.165) is 12.0 Å². The topological polar surface area (TPSA) is 91.7 Å². The predicted octanol–water partition coefficient (Wildman–Crippen LogP) is 4.45. The highest BCUT2D eigenvalue weighted by Crippen LogP contribution is 2.26. The molecule has 1 atom stereocenters. The first-order valence-corrected chi connectivity index (χ1v) is 12.1. The van der Waals surface area contributed by atoms with Gasteiger partial charge in [0.05, 0.1) is 24.2 Å². The fourth-order valence-corrected chi connectivity index (χ4v) is 4.00. The Hall–Kier alpha value is -3.39. The van der Waals surface area contributed by atoms with Crippen molar-refractivity contribution in [3.63, 3.8) is 0 Å². The van der Waals surface area contributed by atoms with Crippen LogP contribution < -0.4 is 10.6 Å². The number of aryl methyl sites for hydroxylation is 1. The van der Waals surface area contributed by atoms with Crippen LogP contribution in [0.3, 0.4) is 0 Å². The van der Waals surface area contributed by atoms with Crippen molar-refractivity contribution < 1.29 is 18.8 Å². The molecule has 0 aliphatic rings. The van der Waals surface area contributed by atoms with Gasteiger partial charge in [-0.3, -0.25) is 14.4 Å². The normalized spacial score (nSPS) is 12.1. The second-order valence-corrected chi connectivity index (χ2v) is 9.75. The molecule has 0 bridgehead atoms. The SMILES string of the molecule is CCC(C)(C)NC(=O)[C@H](c1ccc(C)cc1)N(Cc1ccco1)C(=O)CNC(=O)c1cccs1. The average Bonchev–Trinajstić information content (AvgIpc) is 3.52. The summed E-state index contributed by atoms with van der Waals surface area (Å²) in [6.07, 6.45) is 2.25. The van der Waals surface area contributed by atoms with Gasteiger partial charge in [-0.05, 0) is 56.3 Å². The van der Waals surface area contributed by atoms with E-state index in [1.54, 1.807) is 29.6 Å². The third kappa shape index (κ3) is 6.57. The van der Waals surface area contributed by atoms with Crippen LogP contribution in [0.2, 0.25) is 0 Å². The Labute approximate surface area is 204 Å². The number of amides is 3. The minimum absolute atomic E-state index is 0.0826. The Bertz CT molecular complexity index is 1090. The molecule has 0 fully saturated rings. The van der Waals surface area contributed by atoms with Gasteiger partial charge in [0.15, 0.2) is 0 Å². The summed E-state index contributed by atoms with van der Waals surface area (Å²) in [5.41, 5.74) is 1.27. The highest BCUT2D eigenvalue weighted by atomic mass is 32.1. The van der Waals surface area contributed by atoms with Gasteiger partial charge in [0.25, 0.3) is 5.91 Å². The second-order valence-electron chi connectivity index (χ2n) is 8.80. The third-order valence-electron chi connectivity index (χ3n) is 5.67. The molecule has 3 aromatic rings. The molecule has 0 saturated carbocycles. The van der Waals surface area contributed by atoms with Gasteiger partial charge < -0.3 is 20.0 Å². The smallest absolute Gasteiger partial charge is 0.261 e. The van der Waals surface area contributed by atoms with Gasteiger partial charge in [-0.15, -0.1) is 11.3 Å². The number of carbonyl (C=O) groups excluding carboxylic acids is 3. The van der Waals surface area contributed by atoms with Crippen LogP contribution in [0, 0.1) is 6.92 Å². The van der Waals surface area contributed by atoms with Crippen LogP contribution in [0.5, 0.6) is 0 Å². The molecule has 2 N–H and O–H groups in total. The molecular formula is C26H31N3O4S. The highest BCUT2D eigenvalue weighted by Gasteiger charge is 2.34. The first-order valence-electron chi connectivity index (χ1n) is 11.2. The van der Waals surface area contributed by atoms with E-state index >= 15 is 0 Å². The number of hydrogen-bond donors (Lipinski definition) is 2. The Morgan fingerprint density at radius 2 is 1.82 bits per heavy atom. The Morgan fingerprint density at radius 3 is 2.41 bits per heavy atom. The molecule has 0 radical (unpaired) electrons.